The molecule has 6 nitrogen and oxygen atoms in total. The van der Waals surface area contributed by atoms with Gasteiger partial charge in [0.05, 0.1) is 29.0 Å². The van der Waals surface area contributed by atoms with Crippen LogP contribution in [0.5, 0.6) is 11.5 Å². The number of carbonyl (C=O) groups is 1. The van der Waals surface area contributed by atoms with Crippen molar-refractivity contribution in [3.05, 3.63) is 83.9 Å². The van der Waals surface area contributed by atoms with Crippen LogP contribution in [0.1, 0.15) is 15.9 Å². The van der Waals surface area contributed by atoms with Crippen molar-refractivity contribution in [1.82, 2.24) is 9.88 Å². The smallest absolute Gasteiger partial charge is 0.263 e. The van der Waals surface area contributed by atoms with Crippen molar-refractivity contribution in [3.8, 4) is 11.5 Å². The third-order valence-corrected chi connectivity index (χ3v) is 6.88. The Bertz CT molecular complexity index is 1270. The van der Waals surface area contributed by atoms with Crippen molar-refractivity contribution >= 4 is 32.6 Å². The lowest BCUT2D eigenvalue weighted by molar-refractivity contribution is 0.0391. The Labute approximate surface area is 203 Å². The summed E-state index contributed by atoms with van der Waals surface area (Å²) in [5.74, 6) is 1.11. The van der Waals surface area contributed by atoms with Crippen molar-refractivity contribution < 1.29 is 14.3 Å². The maximum absolute atomic E-state index is 13.9. The number of hydrogen-bond donors (Lipinski definition) is 0. The lowest BCUT2D eigenvalue weighted by atomic mass is 10.1. The van der Waals surface area contributed by atoms with Gasteiger partial charge in [-0.3, -0.25) is 14.6 Å². The third-order valence-electron chi connectivity index (χ3n) is 5.84. The van der Waals surface area contributed by atoms with Crippen LogP contribution in [0.4, 0.5) is 5.13 Å². The van der Waals surface area contributed by atoms with Gasteiger partial charge in [-0.05, 0) is 48.9 Å². The standard InChI is InChI=1S/C27H27N3O3S/c1-20-11-12-23-25(19-20)34-27(28-23)30(14-13-29-15-17-32-18-16-29)26(31)22-9-5-6-10-24(22)33-21-7-3-2-4-8-21/h2-12,19H,13-18H2,1H3. The van der Waals surface area contributed by atoms with Crippen LogP contribution in [-0.4, -0.2) is 55.2 Å². The molecule has 34 heavy (non-hydrogen) atoms. The summed E-state index contributed by atoms with van der Waals surface area (Å²) in [5.41, 5.74) is 2.60. The van der Waals surface area contributed by atoms with Crippen LogP contribution in [0, 0.1) is 6.92 Å². The van der Waals surface area contributed by atoms with Crippen molar-refractivity contribution in [2.24, 2.45) is 0 Å². The zero-order valence-electron chi connectivity index (χ0n) is 19.1. The summed E-state index contributed by atoms with van der Waals surface area (Å²) >= 11 is 1.55. The number of benzene rings is 3. The number of para-hydroxylation sites is 2. The molecule has 0 atom stereocenters. The summed E-state index contributed by atoms with van der Waals surface area (Å²) in [6, 6.07) is 23.1. The molecule has 174 valence electrons. The number of aromatic nitrogens is 1. The number of anilines is 1. The molecule has 1 aliphatic heterocycles. The van der Waals surface area contributed by atoms with E-state index in [1.165, 1.54) is 5.56 Å². The fourth-order valence-corrected chi connectivity index (χ4v) is 5.07. The maximum atomic E-state index is 13.9. The average Bonchev–Trinajstić information content (AvgIpc) is 3.28. The molecule has 4 aromatic rings. The zero-order valence-corrected chi connectivity index (χ0v) is 20.0. The molecule has 0 N–H and O–H groups in total. The molecule has 0 bridgehead atoms. The van der Waals surface area contributed by atoms with Crippen LogP contribution in [0.15, 0.2) is 72.8 Å². The van der Waals surface area contributed by atoms with Gasteiger partial charge in [0.25, 0.3) is 5.91 Å². The Morgan fingerprint density at radius 1 is 1.06 bits per heavy atom. The van der Waals surface area contributed by atoms with Crippen molar-refractivity contribution in [3.63, 3.8) is 0 Å². The second kappa shape index (κ2) is 10.3. The van der Waals surface area contributed by atoms with Crippen molar-refractivity contribution in [1.29, 1.82) is 0 Å². The van der Waals surface area contributed by atoms with Gasteiger partial charge < -0.3 is 9.47 Å². The van der Waals surface area contributed by atoms with Gasteiger partial charge in [-0.15, -0.1) is 0 Å². The highest BCUT2D eigenvalue weighted by Gasteiger charge is 2.25. The molecular weight excluding hydrogens is 446 g/mol. The largest absolute Gasteiger partial charge is 0.457 e. The number of carbonyl (C=O) groups excluding carboxylic acids is 1. The number of aryl methyl sites for hydroxylation is 1. The summed E-state index contributed by atoms with van der Waals surface area (Å²) in [5, 5.41) is 0.702. The highest BCUT2D eigenvalue weighted by Crippen LogP contribution is 2.32. The van der Waals surface area contributed by atoms with Crippen LogP contribution >= 0.6 is 11.3 Å². The van der Waals surface area contributed by atoms with Crippen molar-refractivity contribution in [2.75, 3.05) is 44.3 Å². The minimum absolute atomic E-state index is 0.115. The normalized spacial score (nSPS) is 14.3. The van der Waals surface area contributed by atoms with E-state index in [4.69, 9.17) is 14.5 Å². The molecule has 0 radical (unpaired) electrons. The Balaban J connectivity index is 1.47. The number of rotatable bonds is 7. The van der Waals surface area contributed by atoms with E-state index in [0.717, 1.165) is 43.1 Å². The first-order chi connectivity index (χ1) is 16.7. The summed E-state index contributed by atoms with van der Waals surface area (Å²) in [7, 11) is 0. The van der Waals surface area contributed by atoms with E-state index in [-0.39, 0.29) is 5.91 Å². The molecule has 7 heteroatoms. The molecule has 1 aliphatic rings. The summed E-state index contributed by atoms with van der Waals surface area (Å²) in [6.45, 7) is 6.55. The summed E-state index contributed by atoms with van der Waals surface area (Å²) < 4.78 is 12.7. The fraction of sp³-hybridized carbons (Fsp3) is 0.259. The minimum atomic E-state index is -0.115. The molecule has 0 saturated carbocycles. The number of fused-ring (bicyclic) bond motifs is 1. The predicted octanol–water partition coefficient (Wildman–Crippen LogP) is 5.38. The predicted molar refractivity (Wildman–Crippen MR) is 136 cm³/mol. The third kappa shape index (κ3) is 5.12. The monoisotopic (exact) mass is 473 g/mol. The van der Waals surface area contributed by atoms with Gasteiger partial charge in [-0.2, -0.15) is 0 Å². The topological polar surface area (TPSA) is 54.9 Å². The van der Waals surface area contributed by atoms with Gasteiger partial charge in [-0.25, -0.2) is 4.98 Å². The van der Waals surface area contributed by atoms with Crippen LogP contribution < -0.4 is 9.64 Å². The zero-order chi connectivity index (χ0) is 23.3. The first-order valence-electron chi connectivity index (χ1n) is 11.5. The van der Waals surface area contributed by atoms with Crippen LogP contribution in [0.2, 0.25) is 0 Å². The molecule has 3 aromatic carbocycles. The quantitative estimate of drug-likeness (QED) is 0.361. The van der Waals surface area contributed by atoms with E-state index in [0.29, 0.717) is 28.7 Å². The number of amides is 1. The van der Waals surface area contributed by atoms with Gasteiger partial charge >= 0.3 is 0 Å². The van der Waals surface area contributed by atoms with E-state index in [1.54, 1.807) is 16.2 Å². The molecule has 1 saturated heterocycles. The van der Waals surface area contributed by atoms with E-state index >= 15 is 0 Å². The highest BCUT2D eigenvalue weighted by molar-refractivity contribution is 7.22. The molecular formula is C27H27N3O3S. The number of morpholine rings is 1. The fourth-order valence-electron chi connectivity index (χ4n) is 3.98. The second-order valence-electron chi connectivity index (χ2n) is 8.29. The van der Waals surface area contributed by atoms with Gasteiger partial charge in [0.2, 0.25) is 0 Å². The first-order valence-corrected chi connectivity index (χ1v) is 12.3. The van der Waals surface area contributed by atoms with Crippen LogP contribution in [-0.2, 0) is 4.74 Å². The highest BCUT2D eigenvalue weighted by atomic mass is 32.1. The van der Waals surface area contributed by atoms with Gasteiger partial charge in [-0.1, -0.05) is 47.7 Å². The number of ether oxygens (including phenoxy) is 2. The Morgan fingerprint density at radius 3 is 2.65 bits per heavy atom. The maximum Gasteiger partial charge on any atom is 0.263 e. The Hall–Kier alpha value is -3.26. The average molecular weight is 474 g/mol. The molecule has 2 heterocycles. The van der Waals surface area contributed by atoms with Crippen LogP contribution in [0.3, 0.4) is 0 Å². The second-order valence-corrected chi connectivity index (χ2v) is 9.30. The van der Waals surface area contributed by atoms with Gasteiger partial charge in [0.15, 0.2) is 5.13 Å². The van der Waals surface area contributed by atoms with Crippen molar-refractivity contribution in [2.45, 2.75) is 6.92 Å². The summed E-state index contributed by atoms with van der Waals surface area (Å²) in [6.07, 6.45) is 0. The van der Waals surface area contributed by atoms with Crippen LogP contribution in [0.25, 0.3) is 10.2 Å². The van der Waals surface area contributed by atoms with Gasteiger partial charge in [0, 0.05) is 26.2 Å². The number of nitrogens with zero attached hydrogens (tertiary/aromatic N) is 3. The first kappa shape index (κ1) is 22.5. The Morgan fingerprint density at radius 2 is 1.82 bits per heavy atom. The minimum Gasteiger partial charge on any atom is -0.457 e. The van der Waals surface area contributed by atoms with Gasteiger partial charge in [0.1, 0.15) is 11.5 Å². The Kier molecular flexibility index (Phi) is 6.85. The number of thiazole rings is 1. The molecule has 5 rings (SSSR count). The lowest BCUT2D eigenvalue weighted by Gasteiger charge is -2.29. The molecule has 0 aliphatic carbocycles. The van der Waals surface area contributed by atoms with E-state index in [9.17, 15) is 4.79 Å². The molecule has 1 fully saturated rings. The van der Waals surface area contributed by atoms with E-state index < -0.39 is 0 Å². The number of hydrogen-bond acceptors (Lipinski definition) is 6. The molecule has 0 spiro atoms. The molecule has 1 aromatic heterocycles. The molecule has 0 unspecified atom stereocenters. The molecule has 1 amide bonds. The van der Waals surface area contributed by atoms with E-state index in [1.807, 2.05) is 60.7 Å². The lowest BCUT2D eigenvalue weighted by Crippen LogP contribution is -2.43. The SMILES string of the molecule is Cc1ccc2nc(N(CCN3CCOCC3)C(=O)c3ccccc3Oc3ccccc3)sc2c1. The van der Waals surface area contributed by atoms with E-state index in [2.05, 4.69) is 24.0 Å². The summed E-state index contributed by atoms with van der Waals surface area (Å²) in [4.78, 5) is 22.9.